The van der Waals surface area contributed by atoms with Gasteiger partial charge < -0.3 is 20.1 Å². The third-order valence-electron chi connectivity index (χ3n) is 4.03. The monoisotopic (exact) mass is 382 g/mol. The molecule has 0 bridgehead atoms. The number of nitrogens with one attached hydrogen (secondary N) is 2. The molecule has 0 radical (unpaired) electrons. The van der Waals surface area contributed by atoms with Crippen LogP contribution in [0.5, 0.6) is 0 Å². The van der Waals surface area contributed by atoms with Gasteiger partial charge in [-0.15, -0.1) is 0 Å². The van der Waals surface area contributed by atoms with Crippen molar-refractivity contribution in [3.8, 4) is 0 Å². The minimum atomic E-state index is -4.49. The molecule has 1 aliphatic carbocycles. The summed E-state index contributed by atoms with van der Waals surface area (Å²) in [6.07, 6.45) is -2.51. The van der Waals surface area contributed by atoms with Gasteiger partial charge in [0.1, 0.15) is 18.3 Å². The molecule has 0 aromatic carbocycles. The first kappa shape index (κ1) is 22.5. The molecule has 2 unspecified atom stereocenters. The summed E-state index contributed by atoms with van der Waals surface area (Å²) in [7, 11) is 0. The normalized spacial score (nSPS) is 18.3. The van der Waals surface area contributed by atoms with E-state index in [9.17, 15) is 22.8 Å². The van der Waals surface area contributed by atoms with Crippen LogP contribution in [0, 0.1) is 5.92 Å². The minimum Gasteiger partial charge on any atom is -0.444 e. The van der Waals surface area contributed by atoms with Gasteiger partial charge in [0, 0.05) is 12.6 Å². The maximum atomic E-state index is 12.2. The Bertz CT molecular complexity index is 472. The second-order valence-corrected chi connectivity index (χ2v) is 7.61. The molecule has 0 aromatic heterocycles. The van der Waals surface area contributed by atoms with Crippen LogP contribution in [-0.4, -0.2) is 49.1 Å². The Morgan fingerprint density at radius 2 is 1.73 bits per heavy atom. The van der Waals surface area contributed by atoms with E-state index in [4.69, 9.17) is 4.74 Å². The van der Waals surface area contributed by atoms with Gasteiger partial charge in [-0.05, 0) is 46.5 Å². The lowest BCUT2D eigenvalue weighted by Crippen LogP contribution is -2.51. The van der Waals surface area contributed by atoms with Gasteiger partial charge in [-0.25, -0.2) is 4.79 Å². The van der Waals surface area contributed by atoms with E-state index in [1.165, 1.54) is 6.92 Å². The molecule has 1 saturated carbocycles. The van der Waals surface area contributed by atoms with Crippen molar-refractivity contribution >= 4 is 12.0 Å². The highest BCUT2D eigenvalue weighted by atomic mass is 19.4. The summed E-state index contributed by atoms with van der Waals surface area (Å²) in [5.74, 6) is -0.471. The molecular weight excluding hydrogens is 353 g/mol. The molecule has 2 amide bonds. The molecular formula is C17H29F3N2O4. The number of carbonyl (C=O) groups is 2. The van der Waals surface area contributed by atoms with E-state index in [2.05, 4.69) is 15.4 Å². The summed E-state index contributed by atoms with van der Waals surface area (Å²) in [4.78, 5) is 24.0. The Morgan fingerprint density at radius 1 is 1.15 bits per heavy atom. The third kappa shape index (κ3) is 9.26. The zero-order chi connectivity index (χ0) is 20.0. The zero-order valence-corrected chi connectivity index (χ0v) is 15.7. The van der Waals surface area contributed by atoms with Crippen LogP contribution >= 0.6 is 0 Å². The van der Waals surface area contributed by atoms with E-state index in [0.717, 1.165) is 25.7 Å². The van der Waals surface area contributed by atoms with Crippen LogP contribution in [0.25, 0.3) is 0 Å². The van der Waals surface area contributed by atoms with Crippen molar-refractivity contribution in [2.75, 3.05) is 13.2 Å². The number of ether oxygens (including phenoxy) is 2. The fraction of sp³-hybridized carbons (Fsp3) is 0.882. The van der Waals surface area contributed by atoms with Crippen LogP contribution in [0.4, 0.5) is 18.0 Å². The fourth-order valence-electron chi connectivity index (χ4n) is 2.80. The first-order valence-corrected chi connectivity index (χ1v) is 8.83. The number of hydrogen-bond acceptors (Lipinski definition) is 4. The number of amides is 2. The van der Waals surface area contributed by atoms with Crippen LogP contribution < -0.4 is 10.6 Å². The van der Waals surface area contributed by atoms with Crippen molar-refractivity contribution in [3.63, 3.8) is 0 Å². The molecule has 26 heavy (non-hydrogen) atoms. The van der Waals surface area contributed by atoms with Crippen LogP contribution in [0.1, 0.15) is 53.4 Å². The van der Waals surface area contributed by atoms with Crippen molar-refractivity contribution in [2.45, 2.75) is 77.3 Å². The molecule has 6 nitrogen and oxygen atoms in total. The van der Waals surface area contributed by atoms with Gasteiger partial charge in [0.15, 0.2) is 0 Å². The summed E-state index contributed by atoms with van der Waals surface area (Å²) < 4.78 is 46.4. The van der Waals surface area contributed by atoms with Crippen LogP contribution in [-0.2, 0) is 14.3 Å². The lowest BCUT2D eigenvalue weighted by molar-refractivity contribution is -0.185. The highest BCUT2D eigenvalue weighted by molar-refractivity contribution is 5.80. The zero-order valence-electron chi connectivity index (χ0n) is 15.7. The Balaban J connectivity index is 2.57. The maximum absolute atomic E-state index is 12.2. The summed E-state index contributed by atoms with van der Waals surface area (Å²) in [6.45, 7) is 5.16. The predicted molar refractivity (Wildman–Crippen MR) is 89.6 cm³/mol. The molecule has 1 rings (SSSR count). The van der Waals surface area contributed by atoms with Crippen LogP contribution in [0.3, 0.4) is 0 Å². The van der Waals surface area contributed by atoms with Gasteiger partial charge in [0.05, 0.1) is 0 Å². The van der Waals surface area contributed by atoms with E-state index in [-0.39, 0.29) is 18.5 Å². The number of alkyl halides is 3. The Kier molecular flexibility index (Phi) is 8.17. The number of halogens is 3. The summed E-state index contributed by atoms with van der Waals surface area (Å²) in [5, 5.41) is 5.33. The van der Waals surface area contributed by atoms with Gasteiger partial charge in [-0.2, -0.15) is 13.2 Å². The van der Waals surface area contributed by atoms with Crippen molar-refractivity contribution in [2.24, 2.45) is 5.92 Å². The number of alkyl carbamates (subject to hydrolysis) is 1. The molecule has 0 heterocycles. The van der Waals surface area contributed by atoms with E-state index >= 15 is 0 Å². The first-order chi connectivity index (χ1) is 11.9. The molecule has 0 aromatic rings. The topological polar surface area (TPSA) is 76.7 Å². The van der Waals surface area contributed by atoms with Crippen LogP contribution in [0.2, 0.25) is 0 Å². The van der Waals surface area contributed by atoms with Crippen molar-refractivity contribution in [1.82, 2.24) is 10.6 Å². The van der Waals surface area contributed by atoms with E-state index in [1.54, 1.807) is 20.8 Å². The van der Waals surface area contributed by atoms with E-state index in [1.807, 2.05) is 0 Å². The number of carbonyl (C=O) groups excluding carboxylic acids is 2. The van der Waals surface area contributed by atoms with Gasteiger partial charge in [-0.3, -0.25) is 4.79 Å². The molecule has 0 spiro atoms. The van der Waals surface area contributed by atoms with Gasteiger partial charge >= 0.3 is 12.3 Å². The molecule has 2 N–H and O–H groups in total. The molecule has 9 heteroatoms. The average molecular weight is 382 g/mol. The van der Waals surface area contributed by atoms with Gasteiger partial charge in [0.2, 0.25) is 5.91 Å². The molecule has 1 fully saturated rings. The average Bonchev–Trinajstić information content (AvgIpc) is 3.00. The second-order valence-electron chi connectivity index (χ2n) is 7.61. The Hall–Kier alpha value is -1.51. The highest BCUT2D eigenvalue weighted by Crippen LogP contribution is 2.27. The molecule has 0 saturated heterocycles. The maximum Gasteiger partial charge on any atom is 0.411 e. The number of hydrogen-bond donors (Lipinski definition) is 2. The summed E-state index contributed by atoms with van der Waals surface area (Å²) in [6, 6.07) is -0.380. The predicted octanol–water partition coefficient (Wildman–Crippen LogP) is 3.15. The standard InChI is InChI=1S/C17H29F3N2O4/c1-11(25-10-17(18,19)20)14(23)22-13(12-7-5-6-8-12)9-21-15(24)26-16(2,3)4/h11-13H,5-10H2,1-4H3,(H,21,24)(H,22,23). The van der Waals surface area contributed by atoms with E-state index < -0.39 is 36.5 Å². The third-order valence-corrected chi connectivity index (χ3v) is 4.03. The summed E-state index contributed by atoms with van der Waals surface area (Å²) in [5.41, 5.74) is -0.643. The fourth-order valence-corrected chi connectivity index (χ4v) is 2.80. The molecule has 1 aliphatic rings. The smallest absolute Gasteiger partial charge is 0.411 e. The SMILES string of the molecule is CC(OCC(F)(F)F)C(=O)NC(CNC(=O)OC(C)(C)C)C1CCCC1. The quantitative estimate of drug-likeness (QED) is 0.709. The molecule has 2 atom stereocenters. The van der Waals surface area contributed by atoms with Crippen molar-refractivity contribution in [3.05, 3.63) is 0 Å². The second kappa shape index (κ2) is 9.43. The van der Waals surface area contributed by atoms with Crippen molar-refractivity contribution in [1.29, 1.82) is 0 Å². The highest BCUT2D eigenvalue weighted by Gasteiger charge is 2.32. The van der Waals surface area contributed by atoms with Crippen LogP contribution in [0.15, 0.2) is 0 Å². The summed E-state index contributed by atoms with van der Waals surface area (Å²) >= 11 is 0. The largest absolute Gasteiger partial charge is 0.444 e. The molecule has 152 valence electrons. The van der Waals surface area contributed by atoms with Gasteiger partial charge in [0.25, 0.3) is 0 Å². The van der Waals surface area contributed by atoms with E-state index in [0.29, 0.717) is 0 Å². The lowest BCUT2D eigenvalue weighted by atomic mass is 9.97. The molecule has 0 aliphatic heterocycles. The van der Waals surface area contributed by atoms with Crippen molar-refractivity contribution < 1.29 is 32.2 Å². The Labute approximate surface area is 152 Å². The van der Waals surface area contributed by atoms with Gasteiger partial charge in [-0.1, -0.05) is 12.8 Å². The first-order valence-electron chi connectivity index (χ1n) is 8.83. The number of rotatable bonds is 7. The minimum absolute atomic E-state index is 0.150. The lowest BCUT2D eigenvalue weighted by Gasteiger charge is -2.27. The Morgan fingerprint density at radius 3 is 2.23 bits per heavy atom.